The van der Waals surface area contributed by atoms with Gasteiger partial charge in [-0.2, -0.15) is 0 Å². The van der Waals surface area contributed by atoms with Gasteiger partial charge in [-0.25, -0.2) is 0 Å². The number of carbonyl (C=O) groups excluding carboxylic acids is 1. The molecule has 3 N–H and O–H groups in total. The highest BCUT2D eigenvalue weighted by Gasteiger charge is 2.20. The summed E-state index contributed by atoms with van der Waals surface area (Å²) in [6, 6.07) is 12.9. The number of fused-ring (bicyclic) bond motifs is 1. The molecular formula is C19H17BrN2O2. The highest BCUT2D eigenvalue weighted by molar-refractivity contribution is 9.10. The zero-order valence-corrected chi connectivity index (χ0v) is 15.0. The molecule has 1 amide bonds. The smallest absolute Gasteiger partial charge is 0.251 e. The molecule has 0 radical (unpaired) electrons. The summed E-state index contributed by atoms with van der Waals surface area (Å²) in [4.78, 5) is 12.1. The van der Waals surface area contributed by atoms with Crippen LogP contribution in [0.15, 0.2) is 52.5 Å². The standard InChI is InChI=1S/C19H17BrN2O2/c1-11(2)9-16-18(19(21)24)13-5-3-4-6-15(13)22(16)12-7-8-17(23)14(20)10-12/h3-10,23H,1-2H3,(H2,21,24). The molecule has 4 nitrogen and oxygen atoms in total. The van der Waals surface area contributed by atoms with Crippen LogP contribution in [0.5, 0.6) is 5.75 Å². The minimum atomic E-state index is -0.463. The van der Waals surface area contributed by atoms with Crippen LogP contribution in [0.2, 0.25) is 0 Å². The number of aromatic hydroxyl groups is 1. The molecule has 0 aliphatic carbocycles. The van der Waals surface area contributed by atoms with Crippen molar-refractivity contribution in [3.63, 3.8) is 0 Å². The van der Waals surface area contributed by atoms with Crippen molar-refractivity contribution < 1.29 is 9.90 Å². The molecule has 2 aromatic carbocycles. The molecule has 3 aromatic rings. The predicted octanol–water partition coefficient (Wildman–Crippen LogP) is 4.62. The van der Waals surface area contributed by atoms with Crippen LogP contribution in [-0.4, -0.2) is 15.6 Å². The Morgan fingerprint density at radius 2 is 1.92 bits per heavy atom. The summed E-state index contributed by atoms with van der Waals surface area (Å²) in [5.41, 5.74) is 9.67. The Bertz CT molecular complexity index is 982. The lowest BCUT2D eigenvalue weighted by Crippen LogP contribution is -2.12. The van der Waals surface area contributed by atoms with E-state index in [4.69, 9.17) is 5.73 Å². The van der Waals surface area contributed by atoms with Crippen LogP contribution in [0, 0.1) is 0 Å². The highest BCUT2D eigenvalue weighted by Crippen LogP contribution is 2.33. The first kappa shape index (κ1) is 16.3. The van der Waals surface area contributed by atoms with E-state index in [-0.39, 0.29) is 5.75 Å². The fourth-order valence-corrected chi connectivity index (χ4v) is 3.21. The Morgan fingerprint density at radius 3 is 2.54 bits per heavy atom. The van der Waals surface area contributed by atoms with E-state index in [0.717, 1.165) is 27.9 Å². The summed E-state index contributed by atoms with van der Waals surface area (Å²) in [5.74, 6) is -0.301. The average molecular weight is 385 g/mol. The third-order valence-electron chi connectivity index (χ3n) is 3.77. The number of nitrogens with zero attached hydrogens (tertiary/aromatic N) is 1. The number of allylic oxidation sites excluding steroid dienone is 1. The normalized spacial score (nSPS) is 10.8. The Morgan fingerprint density at radius 1 is 1.21 bits per heavy atom. The van der Waals surface area contributed by atoms with Gasteiger partial charge >= 0.3 is 0 Å². The lowest BCUT2D eigenvalue weighted by Gasteiger charge is -2.11. The van der Waals surface area contributed by atoms with E-state index >= 15 is 0 Å². The summed E-state index contributed by atoms with van der Waals surface area (Å²) in [6.07, 6.45) is 1.95. The van der Waals surface area contributed by atoms with Crippen molar-refractivity contribution in [2.45, 2.75) is 13.8 Å². The van der Waals surface area contributed by atoms with Crippen molar-refractivity contribution in [2.75, 3.05) is 0 Å². The largest absolute Gasteiger partial charge is 0.507 e. The molecule has 3 rings (SSSR count). The minimum Gasteiger partial charge on any atom is -0.507 e. The Labute approximate surface area is 148 Å². The quantitative estimate of drug-likeness (QED) is 0.691. The van der Waals surface area contributed by atoms with Crippen LogP contribution in [0.25, 0.3) is 22.7 Å². The first-order chi connectivity index (χ1) is 11.4. The summed E-state index contributed by atoms with van der Waals surface area (Å²) >= 11 is 3.35. The fraction of sp³-hybridized carbons (Fsp3) is 0.105. The first-order valence-corrected chi connectivity index (χ1v) is 8.26. The number of primary amides is 1. The lowest BCUT2D eigenvalue weighted by atomic mass is 10.1. The maximum absolute atomic E-state index is 12.1. The number of para-hydroxylation sites is 1. The highest BCUT2D eigenvalue weighted by atomic mass is 79.9. The van der Waals surface area contributed by atoms with E-state index in [1.54, 1.807) is 12.1 Å². The summed E-state index contributed by atoms with van der Waals surface area (Å²) in [6.45, 7) is 3.94. The van der Waals surface area contributed by atoms with Gasteiger partial charge in [0.15, 0.2) is 0 Å². The number of amides is 1. The third-order valence-corrected chi connectivity index (χ3v) is 4.41. The van der Waals surface area contributed by atoms with E-state index < -0.39 is 5.91 Å². The topological polar surface area (TPSA) is 68.2 Å². The molecule has 0 aliphatic rings. The monoisotopic (exact) mass is 384 g/mol. The van der Waals surface area contributed by atoms with Gasteiger partial charge in [-0.3, -0.25) is 4.79 Å². The van der Waals surface area contributed by atoms with Gasteiger partial charge in [0.2, 0.25) is 0 Å². The Hall–Kier alpha value is -2.53. The van der Waals surface area contributed by atoms with E-state index in [1.165, 1.54) is 0 Å². The van der Waals surface area contributed by atoms with Crippen molar-refractivity contribution in [3.8, 4) is 11.4 Å². The van der Waals surface area contributed by atoms with Gasteiger partial charge in [-0.15, -0.1) is 0 Å². The second-order valence-electron chi connectivity index (χ2n) is 5.83. The van der Waals surface area contributed by atoms with Crippen molar-refractivity contribution >= 4 is 38.8 Å². The molecule has 5 heteroatoms. The lowest BCUT2D eigenvalue weighted by molar-refractivity contribution is 0.100. The van der Waals surface area contributed by atoms with Gasteiger partial charge in [-0.05, 0) is 60.1 Å². The van der Waals surface area contributed by atoms with E-state index in [2.05, 4.69) is 15.9 Å². The number of carbonyl (C=O) groups is 1. The van der Waals surface area contributed by atoms with Gasteiger partial charge in [0, 0.05) is 11.1 Å². The number of hydrogen-bond acceptors (Lipinski definition) is 2. The third kappa shape index (κ3) is 2.71. The van der Waals surface area contributed by atoms with Crippen molar-refractivity contribution in [3.05, 3.63) is 63.8 Å². The molecule has 122 valence electrons. The molecule has 0 saturated heterocycles. The van der Waals surface area contributed by atoms with Crippen molar-refractivity contribution in [2.24, 2.45) is 5.73 Å². The fourth-order valence-electron chi connectivity index (χ4n) is 2.84. The summed E-state index contributed by atoms with van der Waals surface area (Å²) < 4.78 is 2.56. The predicted molar refractivity (Wildman–Crippen MR) is 100 cm³/mol. The SMILES string of the molecule is CC(C)=Cc1c(C(N)=O)c2ccccc2n1-c1ccc(O)c(Br)c1. The number of nitrogens with two attached hydrogens (primary N) is 1. The first-order valence-electron chi connectivity index (χ1n) is 7.47. The molecule has 0 saturated carbocycles. The van der Waals surface area contributed by atoms with Crippen molar-refractivity contribution in [1.29, 1.82) is 0 Å². The summed E-state index contributed by atoms with van der Waals surface area (Å²) in [7, 11) is 0. The van der Waals surface area contributed by atoms with Crippen LogP contribution >= 0.6 is 15.9 Å². The molecule has 1 aromatic heterocycles. The van der Waals surface area contributed by atoms with Gasteiger partial charge in [0.25, 0.3) is 5.91 Å². The molecule has 1 heterocycles. The van der Waals surface area contributed by atoms with Gasteiger partial charge in [-0.1, -0.05) is 23.8 Å². The molecule has 24 heavy (non-hydrogen) atoms. The number of benzene rings is 2. The van der Waals surface area contributed by atoms with E-state index in [0.29, 0.717) is 10.0 Å². The minimum absolute atomic E-state index is 0.161. The average Bonchev–Trinajstić information content (AvgIpc) is 2.83. The molecule has 0 bridgehead atoms. The summed E-state index contributed by atoms with van der Waals surface area (Å²) in [5, 5.41) is 10.6. The van der Waals surface area contributed by atoms with Gasteiger partial charge in [0.05, 0.1) is 21.2 Å². The molecule has 0 unspecified atom stereocenters. The van der Waals surface area contributed by atoms with Crippen molar-refractivity contribution in [1.82, 2.24) is 4.57 Å². The van der Waals surface area contributed by atoms with E-state index in [1.807, 2.05) is 54.8 Å². The zero-order chi connectivity index (χ0) is 17.4. The number of aromatic nitrogens is 1. The second-order valence-corrected chi connectivity index (χ2v) is 6.69. The van der Waals surface area contributed by atoms with Crippen LogP contribution < -0.4 is 5.73 Å². The Kier molecular flexibility index (Phi) is 4.20. The molecule has 0 aliphatic heterocycles. The number of rotatable bonds is 3. The maximum Gasteiger partial charge on any atom is 0.251 e. The van der Waals surface area contributed by atoms with Gasteiger partial charge < -0.3 is 15.4 Å². The number of halogens is 1. The molecule has 0 fully saturated rings. The van der Waals surface area contributed by atoms with Gasteiger partial charge in [0.1, 0.15) is 5.75 Å². The van der Waals surface area contributed by atoms with Crippen LogP contribution in [0.3, 0.4) is 0 Å². The number of phenols is 1. The number of hydrogen-bond donors (Lipinski definition) is 2. The Balaban J connectivity index is 2.47. The molecular weight excluding hydrogens is 368 g/mol. The zero-order valence-electron chi connectivity index (χ0n) is 13.4. The maximum atomic E-state index is 12.1. The van der Waals surface area contributed by atoms with Crippen LogP contribution in [-0.2, 0) is 0 Å². The van der Waals surface area contributed by atoms with E-state index in [9.17, 15) is 9.90 Å². The van der Waals surface area contributed by atoms with Crippen LogP contribution in [0.1, 0.15) is 29.9 Å². The van der Waals surface area contributed by atoms with Crippen LogP contribution in [0.4, 0.5) is 0 Å². The molecule has 0 spiro atoms. The second kappa shape index (κ2) is 6.17. The number of phenolic OH excluding ortho intramolecular Hbond substituents is 1. The molecule has 0 atom stereocenters.